The normalized spacial score (nSPS) is 8.78. The number of carbonyl (C=O) groups is 2. The maximum absolute atomic E-state index is 9.75. The van der Waals surface area contributed by atoms with Gasteiger partial charge in [0, 0.05) is 5.75 Å². The third-order valence-corrected chi connectivity index (χ3v) is 1.56. The molecule has 0 unspecified atom stereocenters. The molecule has 0 spiro atoms. The quantitative estimate of drug-likeness (QED) is 0.236. The van der Waals surface area contributed by atoms with Gasteiger partial charge in [0.2, 0.25) is 0 Å². The van der Waals surface area contributed by atoms with Crippen LogP contribution in [-0.4, -0.2) is 30.7 Å². The summed E-state index contributed by atoms with van der Waals surface area (Å²) in [6, 6.07) is 0. The number of hydrogen-bond acceptors (Lipinski definition) is 6. The standard InChI is InChI=1S/C4H4O4.C3H7O3S.3Na/c5-3(6)1-2-4(7)8;1-2-3-7(4,5)6;;;/h1-2H,(H,5,6)(H,7,8);1-3H2,(H,4,5,6);;;/q;-1;3*+1/p-2/b2-1-;;;;. The van der Waals surface area contributed by atoms with Gasteiger partial charge in [-0.3, -0.25) is 4.55 Å². The van der Waals surface area contributed by atoms with Crippen LogP contribution in [0.4, 0.5) is 0 Å². The largest absolute Gasteiger partial charge is 1.00 e. The van der Waals surface area contributed by atoms with Gasteiger partial charge in [-0.2, -0.15) is 14.8 Å². The number of carbonyl (C=O) groups excluding carboxylic acids is 2. The molecule has 0 aromatic carbocycles. The third kappa shape index (κ3) is 43.2. The molecule has 0 saturated heterocycles. The van der Waals surface area contributed by atoms with Crippen LogP contribution in [0, 0.1) is 6.92 Å². The minimum atomic E-state index is -3.74. The molecule has 0 saturated carbocycles. The van der Waals surface area contributed by atoms with E-state index in [0.29, 0.717) is 12.2 Å². The molecule has 0 aliphatic heterocycles. The maximum atomic E-state index is 9.75. The van der Waals surface area contributed by atoms with Gasteiger partial charge in [0.15, 0.2) is 0 Å². The van der Waals surface area contributed by atoms with Crippen LogP contribution >= 0.6 is 0 Å². The first-order valence-corrected chi connectivity index (χ1v) is 5.14. The summed E-state index contributed by atoms with van der Waals surface area (Å²) in [5, 5.41) is 18.8. The molecular weight excluding hydrogens is 297 g/mol. The van der Waals surface area contributed by atoms with E-state index in [2.05, 4.69) is 6.92 Å². The number of carboxylic acids is 2. The summed E-state index contributed by atoms with van der Waals surface area (Å²) in [5.41, 5.74) is 0. The molecule has 1 N–H and O–H groups in total. The number of aliphatic carboxylic acids is 2. The average molecular weight is 306 g/mol. The van der Waals surface area contributed by atoms with Gasteiger partial charge < -0.3 is 26.7 Å². The summed E-state index contributed by atoms with van der Waals surface area (Å²) in [4.78, 5) is 18.8. The Morgan fingerprint density at radius 3 is 1.39 bits per heavy atom. The summed E-state index contributed by atoms with van der Waals surface area (Å²) in [6.07, 6.45) is 0.990. The Labute approximate surface area is 172 Å². The molecule has 0 aromatic heterocycles. The second-order valence-corrected chi connectivity index (χ2v) is 3.68. The molecule has 18 heavy (non-hydrogen) atoms. The molecule has 0 aromatic rings. The van der Waals surface area contributed by atoms with Crippen LogP contribution in [0.5, 0.6) is 0 Å². The topological polar surface area (TPSA) is 135 Å². The Kier molecular flexibility index (Phi) is 32.8. The zero-order chi connectivity index (χ0) is 12.5. The summed E-state index contributed by atoms with van der Waals surface area (Å²) < 4.78 is 27.4. The smallest absolute Gasteiger partial charge is 0.545 e. The number of rotatable bonds is 4. The minimum absolute atomic E-state index is 0. The fourth-order valence-corrected chi connectivity index (χ4v) is 0.683. The summed E-state index contributed by atoms with van der Waals surface area (Å²) in [6.45, 7) is 3.23. The van der Waals surface area contributed by atoms with Gasteiger partial charge in [0.25, 0.3) is 10.1 Å². The van der Waals surface area contributed by atoms with Crippen molar-refractivity contribution in [2.75, 3.05) is 5.75 Å². The molecule has 0 amide bonds. The van der Waals surface area contributed by atoms with E-state index in [1.165, 1.54) is 0 Å². The predicted molar refractivity (Wildman–Crippen MR) is 45.5 cm³/mol. The first-order valence-electron chi connectivity index (χ1n) is 3.53. The Balaban J connectivity index is -0.0000000540. The van der Waals surface area contributed by atoms with Gasteiger partial charge in [-0.1, -0.05) is 0 Å². The Hall–Kier alpha value is 1.59. The maximum Gasteiger partial charge on any atom is 1.00 e. The van der Waals surface area contributed by atoms with Crippen LogP contribution < -0.4 is 98.9 Å². The van der Waals surface area contributed by atoms with Gasteiger partial charge in [-0.15, -0.1) is 0 Å². The van der Waals surface area contributed by atoms with Crippen molar-refractivity contribution >= 4 is 22.1 Å². The SMILES string of the molecule is O=C([O-])/C=C\C(=O)[O-].[CH2-]CCS(=O)(=O)O.[Na+].[Na+].[Na+]. The molecule has 7 nitrogen and oxygen atoms in total. The van der Waals surface area contributed by atoms with E-state index >= 15 is 0 Å². The molecular formula is C7H9Na3O7S. The molecule has 0 atom stereocenters. The minimum Gasteiger partial charge on any atom is -0.545 e. The van der Waals surface area contributed by atoms with Gasteiger partial charge in [-0.25, -0.2) is 0 Å². The van der Waals surface area contributed by atoms with Gasteiger partial charge in [-0.05, 0) is 12.2 Å². The first-order chi connectivity index (χ1) is 6.69. The monoisotopic (exact) mass is 306 g/mol. The van der Waals surface area contributed by atoms with Gasteiger partial charge in [0.05, 0.1) is 11.9 Å². The molecule has 0 aliphatic carbocycles. The van der Waals surface area contributed by atoms with E-state index in [1.54, 1.807) is 0 Å². The number of carboxylic acid groups (broad SMARTS) is 2. The molecule has 0 fully saturated rings. The summed E-state index contributed by atoms with van der Waals surface area (Å²) in [5.74, 6) is -3.34. The average Bonchev–Trinajstić information content (AvgIpc) is 1.99. The van der Waals surface area contributed by atoms with Gasteiger partial charge >= 0.3 is 88.7 Å². The van der Waals surface area contributed by atoms with Gasteiger partial charge in [0.1, 0.15) is 0 Å². The first kappa shape index (κ1) is 31.8. The number of hydrogen-bond donors (Lipinski definition) is 1. The molecule has 0 heterocycles. The molecule has 0 rings (SSSR count). The molecule has 88 valence electrons. The van der Waals surface area contributed by atoms with Crippen molar-refractivity contribution in [2.24, 2.45) is 0 Å². The molecule has 0 radical (unpaired) electrons. The van der Waals surface area contributed by atoms with E-state index in [-0.39, 0.29) is 101 Å². The van der Waals surface area contributed by atoms with Crippen LogP contribution in [0.25, 0.3) is 0 Å². The third-order valence-electron chi connectivity index (χ3n) is 0.758. The Morgan fingerprint density at radius 1 is 1.06 bits per heavy atom. The van der Waals surface area contributed by atoms with Crippen LogP contribution in [0.2, 0.25) is 0 Å². The van der Waals surface area contributed by atoms with Crippen molar-refractivity contribution in [1.29, 1.82) is 0 Å². The van der Waals surface area contributed by atoms with E-state index in [1.807, 2.05) is 0 Å². The van der Waals surface area contributed by atoms with Crippen molar-refractivity contribution < 1.29 is 121 Å². The van der Waals surface area contributed by atoms with Crippen LogP contribution in [-0.2, 0) is 19.7 Å². The van der Waals surface area contributed by atoms with Crippen LogP contribution in [0.3, 0.4) is 0 Å². The van der Waals surface area contributed by atoms with E-state index < -0.39 is 22.1 Å². The van der Waals surface area contributed by atoms with Crippen molar-refractivity contribution in [3.05, 3.63) is 19.1 Å². The Morgan fingerprint density at radius 2 is 1.33 bits per heavy atom. The predicted octanol–water partition coefficient (Wildman–Crippen LogP) is -11.8. The van der Waals surface area contributed by atoms with E-state index in [0.717, 1.165) is 0 Å². The summed E-state index contributed by atoms with van der Waals surface area (Å²) >= 11 is 0. The summed E-state index contributed by atoms with van der Waals surface area (Å²) in [7, 11) is -3.74. The van der Waals surface area contributed by atoms with Crippen molar-refractivity contribution in [2.45, 2.75) is 6.42 Å². The Bertz CT molecular complexity index is 323. The van der Waals surface area contributed by atoms with Crippen LogP contribution in [0.1, 0.15) is 6.42 Å². The van der Waals surface area contributed by atoms with E-state index in [9.17, 15) is 28.2 Å². The van der Waals surface area contributed by atoms with Crippen molar-refractivity contribution in [3.63, 3.8) is 0 Å². The van der Waals surface area contributed by atoms with Crippen molar-refractivity contribution in [1.82, 2.24) is 0 Å². The fourth-order valence-electron chi connectivity index (χ4n) is 0.318. The fraction of sp³-hybridized carbons (Fsp3) is 0.286. The molecule has 11 heteroatoms. The van der Waals surface area contributed by atoms with Crippen molar-refractivity contribution in [3.8, 4) is 0 Å². The van der Waals surface area contributed by atoms with E-state index in [4.69, 9.17) is 4.55 Å². The molecule has 0 aliphatic rings. The second kappa shape index (κ2) is 18.6. The second-order valence-electron chi connectivity index (χ2n) is 2.11. The molecule has 0 bridgehead atoms. The van der Waals surface area contributed by atoms with Crippen LogP contribution in [0.15, 0.2) is 12.2 Å². The zero-order valence-electron chi connectivity index (χ0n) is 10.6. The zero-order valence-corrected chi connectivity index (χ0v) is 17.4.